The Morgan fingerprint density at radius 2 is 1.97 bits per heavy atom. The summed E-state index contributed by atoms with van der Waals surface area (Å²) in [4.78, 5) is 29.5. The number of nitrogens with zero attached hydrogens (tertiary/aromatic N) is 3. The Labute approximate surface area is 190 Å². The Hall–Kier alpha value is -3.37. The number of rotatable bonds is 7. The maximum Gasteiger partial charge on any atom is 0.316 e. The molecule has 3 heterocycles. The van der Waals surface area contributed by atoms with Crippen LogP contribution in [0.25, 0.3) is 22.6 Å². The van der Waals surface area contributed by atoms with Crippen molar-refractivity contribution < 1.29 is 23.4 Å². The molecule has 1 amide bonds. The van der Waals surface area contributed by atoms with Gasteiger partial charge in [0.15, 0.2) is 5.82 Å². The fraction of sp³-hybridized carbons (Fsp3) is 0.391. The van der Waals surface area contributed by atoms with Crippen molar-refractivity contribution in [3.05, 3.63) is 48.2 Å². The number of aromatic nitrogens is 4. The molecule has 0 bridgehead atoms. The van der Waals surface area contributed by atoms with E-state index >= 15 is 0 Å². The van der Waals surface area contributed by atoms with Crippen LogP contribution in [-0.4, -0.2) is 52.7 Å². The molecule has 0 aliphatic carbocycles. The van der Waals surface area contributed by atoms with Crippen LogP contribution in [0.4, 0.5) is 4.39 Å². The van der Waals surface area contributed by atoms with Crippen LogP contribution in [0.2, 0.25) is 0 Å². The summed E-state index contributed by atoms with van der Waals surface area (Å²) < 4.78 is 30.7. The highest BCUT2D eigenvalue weighted by atomic mass is 19.1. The number of hydrogen-bond acceptors (Lipinski definition) is 7. The molecule has 10 heteroatoms. The highest BCUT2D eigenvalue weighted by Gasteiger charge is 2.49. The molecule has 2 aromatic heterocycles. The summed E-state index contributed by atoms with van der Waals surface area (Å²) in [5.74, 6) is -2.26. The predicted molar refractivity (Wildman–Crippen MR) is 118 cm³/mol. The van der Waals surface area contributed by atoms with Crippen molar-refractivity contribution in [2.24, 2.45) is 5.92 Å². The number of nitrogens with one attached hydrogen (secondary N) is 2. The van der Waals surface area contributed by atoms with Crippen molar-refractivity contribution in [3.8, 4) is 28.7 Å². The zero-order valence-corrected chi connectivity index (χ0v) is 18.7. The SMILES string of the molecule is CCCNC(=O)C1(c2nc(-c3ccc(F)cc3)c(-c3ccnc(OC)n3)[nH]2)OCC(C)CO1. The second kappa shape index (κ2) is 9.63. The van der Waals surface area contributed by atoms with Gasteiger partial charge < -0.3 is 24.5 Å². The number of carbonyl (C=O) groups excluding carboxylic acids is 1. The molecule has 1 aliphatic heterocycles. The lowest BCUT2D eigenvalue weighted by Gasteiger charge is -2.36. The summed E-state index contributed by atoms with van der Waals surface area (Å²) >= 11 is 0. The predicted octanol–water partition coefficient (Wildman–Crippen LogP) is 3.04. The van der Waals surface area contributed by atoms with Crippen LogP contribution >= 0.6 is 0 Å². The van der Waals surface area contributed by atoms with Crippen LogP contribution in [0.5, 0.6) is 6.01 Å². The summed E-state index contributed by atoms with van der Waals surface area (Å²) in [6.07, 6.45) is 2.30. The average Bonchev–Trinajstić information content (AvgIpc) is 3.29. The first kappa shape index (κ1) is 22.8. The maximum absolute atomic E-state index is 13.6. The van der Waals surface area contributed by atoms with Crippen molar-refractivity contribution in [3.63, 3.8) is 0 Å². The number of aromatic amines is 1. The first-order valence-corrected chi connectivity index (χ1v) is 10.8. The van der Waals surface area contributed by atoms with Gasteiger partial charge in [0, 0.05) is 24.2 Å². The van der Waals surface area contributed by atoms with E-state index in [2.05, 4.69) is 20.3 Å². The van der Waals surface area contributed by atoms with Crippen LogP contribution in [-0.2, 0) is 20.1 Å². The molecule has 1 fully saturated rings. The zero-order valence-electron chi connectivity index (χ0n) is 18.7. The highest BCUT2D eigenvalue weighted by molar-refractivity contribution is 5.85. The van der Waals surface area contributed by atoms with Crippen molar-refractivity contribution in [1.82, 2.24) is 25.3 Å². The minimum atomic E-state index is -1.74. The molecule has 2 N–H and O–H groups in total. The summed E-state index contributed by atoms with van der Waals surface area (Å²) in [5.41, 5.74) is 2.05. The molecule has 0 saturated carbocycles. The van der Waals surface area contributed by atoms with Crippen LogP contribution in [0.1, 0.15) is 26.1 Å². The van der Waals surface area contributed by atoms with Crippen LogP contribution < -0.4 is 10.1 Å². The molecule has 0 atom stereocenters. The number of halogens is 1. The molecule has 3 aromatic rings. The van der Waals surface area contributed by atoms with E-state index in [-0.39, 0.29) is 23.6 Å². The fourth-order valence-corrected chi connectivity index (χ4v) is 3.45. The van der Waals surface area contributed by atoms with Gasteiger partial charge in [0.2, 0.25) is 0 Å². The Morgan fingerprint density at radius 1 is 1.24 bits per heavy atom. The Morgan fingerprint density at radius 3 is 2.64 bits per heavy atom. The Bertz CT molecular complexity index is 1110. The lowest BCUT2D eigenvalue weighted by Crippen LogP contribution is -2.53. The average molecular weight is 455 g/mol. The van der Waals surface area contributed by atoms with Gasteiger partial charge in [-0.3, -0.25) is 4.79 Å². The standard InChI is InChI=1S/C23H26FN5O4/c1-4-10-25-21(30)23(32-12-14(2)13-33-23)20-28-18(15-5-7-16(24)8-6-15)19(29-20)17-9-11-26-22(27-17)31-3/h5-9,11,14H,4,10,12-13H2,1-3H3,(H,25,30)(H,28,29). The number of ether oxygens (including phenoxy) is 3. The lowest BCUT2D eigenvalue weighted by atomic mass is 10.1. The van der Waals surface area contributed by atoms with Gasteiger partial charge in [-0.25, -0.2) is 14.4 Å². The van der Waals surface area contributed by atoms with Crippen LogP contribution in [0, 0.1) is 11.7 Å². The van der Waals surface area contributed by atoms with E-state index in [0.717, 1.165) is 6.42 Å². The molecular formula is C23H26FN5O4. The van der Waals surface area contributed by atoms with Crippen LogP contribution in [0.3, 0.4) is 0 Å². The quantitative estimate of drug-likeness (QED) is 0.563. The lowest BCUT2D eigenvalue weighted by molar-refractivity contribution is -0.277. The first-order valence-electron chi connectivity index (χ1n) is 10.8. The van der Waals surface area contributed by atoms with E-state index in [1.54, 1.807) is 24.4 Å². The summed E-state index contributed by atoms with van der Waals surface area (Å²) in [5, 5.41) is 2.85. The minimum absolute atomic E-state index is 0.120. The molecule has 33 heavy (non-hydrogen) atoms. The second-order valence-electron chi connectivity index (χ2n) is 7.84. The van der Waals surface area contributed by atoms with Gasteiger partial charge in [0.1, 0.15) is 5.82 Å². The fourth-order valence-electron chi connectivity index (χ4n) is 3.45. The monoisotopic (exact) mass is 455 g/mol. The molecule has 174 valence electrons. The van der Waals surface area contributed by atoms with Gasteiger partial charge in [-0.15, -0.1) is 0 Å². The van der Waals surface area contributed by atoms with Gasteiger partial charge in [0.05, 0.1) is 37.4 Å². The third kappa shape index (κ3) is 4.57. The molecule has 0 spiro atoms. The van der Waals surface area contributed by atoms with Gasteiger partial charge in [0.25, 0.3) is 5.91 Å². The Kier molecular flexibility index (Phi) is 6.66. The zero-order chi connectivity index (χ0) is 23.4. The maximum atomic E-state index is 13.6. The Balaban J connectivity index is 1.86. The molecule has 0 unspecified atom stereocenters. The topological polar surface area (TPSA) is 111 Å². The second-order valence-corrected chi connectivity index (χ2v) is 7.84. The number of methoxy groups -OCH3 is 1. The van der Waals surface area contributed by atoms with Crippen molar-refractivity contribution >= 4 is 5.91 Å². The molecule has 0 radical (unpaired) electrons. The number of H-pyrrole nitrogens is 1. The minimum Gasteiger partial charge on any atom is -0.467 e. The first-order chi connectivity index (χ1) is 16.0. The van der Waals surface area contributed by atoms with Crippen molar-refractivity contribution in [2.75, 3.05) is 26.9 Å². The van der Waals surface area contributed by atoms with E-state index in [1.807, 2.05) is 13.8 Å². The van der Waals surface area contributed by atoms with E-state index < -0.39 is 11.7 Å². The molecule has 4 rings (SSSR count). The number of hydrogen-bond donors (Lipinski definition) is 2. The third-order valence-corrected chi connectivity index (χ3v) is 5.18. The van der Waals surface area contributed by atoms with E-state index in [0.29, 0.717) is 42.4 Å². The summed E-state index contributed by atoms with van der Waals surface area (Å²) in [6, 6.07) is 7.74. The largest absolute Gasteiger partial charge is 0.467 e. The number of benzene rings is 1. The van der Waals surface area contributed by atoms with Gasteiger partial charge in [-0.2, -0.15) is 4.98 Å². The van der Waals surface area contributed by atoms with Gasteiger partial charge >= 0.3 is 11.8 Å². The van der Waals surface area contributed by atoms with Crippen LogP contribution in [0.15, 0.2) is 36.5 Å². The summed E-state index contributed by atoms with van der Waals surface area (Å²) in [7, 11) is 1.47. The van der Waals surface area contributed by atoms with Crippen molar-refractivity contribution in [1.29, 1.82) is 0 Å². The van der Waals surface area contributed by atoms with Gasteiger partial charge in [-0.1, -0.05) is 13.8 Å². The smallest absolute Gasteiger partial charge is 0.316 e. The number of amides is 1. The molecule has 1 aromatic carbocycles. The molecule has 9 nitrogen and oxygen atoms in total. The van der Waals surface area contributed by atoms with E-state index in [1.165, 1.54) is 19.2 Å². The van der Waals surface area contributed by atoms with Crippen molar-refractivity contribution in [2.45, 2.75) is 26.1 Å². The van der Waals surface area contributed by atoms with E-state index in [9.17, 15) is 9.18 Å². The number of carbonyl (C=O) groups is 1. The number of imidazole rings is 1. The highest BCUT2D eigenvalue weighted by Crippen LogP contribution is 2.37. The summed E-state index contributed by atoms with van der Waals surface area (Å²) in [6.45, 7) is 5.03. The van der Waals surface area contributed by atoms with E-state index in [4.69, 9.17) is 19.2 Å². The molecule has 1 aliphatic rings. The third-order valence-electron chi connectivity index (χ3n) is 5.18. The van der Waals surface area contributed by atoms with Gasteiger partial charge in [-0.05, 0) is 36.8 Å². The molecule has 1 saturated heterocycles. The molecular weight excluding hydrogens is 429 g/mol. The normalized spacial score (nSPS) is 20.4.